The summed E-state index contributed by atoms with van der Waals surface area (Å²) >= 11 is 0. The van der Waals surface area contributed by atoms with Gasteiger partial charge in [0.25, 0.3) is 0 Å². The number of hydrogen-bond donors (Lipinski definition) is 0. The van der Waals surface area contributed by atoms with E-state index in [2.05, 4.69) is 12.0 Å². The lowest BCUT2D eigenvalue weighted by atomic mass is 10.1. The minimum absolute atomic E-state index is 0.0134. The molecule has 0 atom stereocenters. The van der Waals surface area contributed by atoms with Crippen LogP contribution in [0, 0.1) is 0 Å². The van der Waals surface area contributed by atoms with E-state index in [0.717, 1.165) is 18.2 Å². The second kappa shape index (κ2) is 9.08. The normalized spacial score (nSPS) is 11.5. The lowest BCUT2D eigenvalue weighted by Gasteiger charge is -2.19. The number of aryl methyl sites for hydroxylation is 1. The molecule has 1 amide bonds. The van der Waals surface area contributed by atoms with Crippen molar-refractivity contribution >= 4 is 22.9 Å². The standard InChI is InChI=1S/C21H31N3O4/c1-7-8-13-27-15-9-10-16-17(11-12-19(25)23(5)6)22-24(18(16)14-15)20(26)28-21(2,3)4/h9-10,14H,7-8,11-13H2,1-6H3. The zero-order valence-electron chi connectivity index (χ0n) is 17.7. The maximum absolute atomic E-state index is 12.7. The number of unbranched alkanes of at least 4 members (excludes halogenated alkanes) is 1. The van der Waals surface area contributed by atoms with Crippen molar-refractivity contribution < 1.29 is 19.1 Å². The number of fused-ring (bicyclic) bond motifs is 1. The maximum atomic E-state index is 12.7. The summed E-state index contributed by atoms with van der Waals surface area (Å²) in [5.41, 5.74) is 0.678. The van der Waals surface area contributed by atoms with Gasteiger partial charge in [0.1, 0.15) is 11.4 Å². The van der Waals surface area contributed by atoms with E-state index < -0.39 is 11.7 Å². The van der Waals surface area contributed by atoms with Gasteiger partial charge in [0, 0.05) is 38.4 Å². The Kier molecular flexibility index (Phi) is 7.05. The molecule has 7 heteroatoms. The fraction of sp³-hybridized carbons (Fsp3) is 0.571. The molecular weight excluding hydrogens is 358 g/mol. The van der Waals surface area contributed by atoms with E-state index in [0.29, 0.717) is 36.4 Å². The molecule has 0 unspecified atom stereocenters. The Morgan fingerprint density at radius 2 is 1.93 bits per heavy atom. The van der Waals surface area contributed by atoms with E-state index in [1.807, 2.05) is 32.9 Å². The fourth-order valence-electron chi connectivity index (χ4n) is 2.66. The molecule has 0 spiro atoms. The molecule has 154 valence electrons. The van der Waals surface area contributed by atoms with Gasteiger partial charge in [-0.3, -0.25) is 4.79 Å². The average molecular weight is 389 g/mol. The van der Waals surface area contributed by atoms with E-state index >= 15 is 0 Å². The molecule has 2 aromatic rings. The van der Waals surface area contributed by atoms with Gasteiger partial charge in [-0.2, -0.15) is 9.78 Å². The van der Waals surface area contributed by atoms with Crippen LogP contribution in [0.25, 0.3) is 10.9 Å². The molecule has 28 heavy (non-hydrogen) atoms. The summed E-state index contributed by atoms with van der Waals surface area (Å²) in [5, 5.41) is 5.28. The number of aromatic nitrogens is 2. The number of amides is 1. The summed E-state index contributed by atoms with van der Waals surface area (Å²) in [4.78, 5) is 26.2. The monoisotopic (exact) mass is 389 g/mol. The van der Waals surface area contributed by atoms with Crippen LogP contribution in [0.2, 0.25) is 0 Å². The number of benzene rings is 1. The highest BCUT2D eigenvalue weighted by Crippen LogP contribution is 2.26. The predicted octanol–water partition coefficient (Wildman–Crippen LogP) is 4.02. The van der Waals surface area contributed by atoms with Crippen LogP contribution in [0.4, 0.5) is 4.79 Å². The predicted molar refractivity (Wildman–Crippen MR) is 109 cm³/mol. The number of rotatable bonds is 7. The summed E-state index contributed by atoms with van der Waals surface area (Å²) in [5.74, 6) is 0.695. The van der Waals surface area contributed by atoms with Gasteiger partial charge in [0.15, 0.2) is 0 Å². The third-order valence-corrected chi connectivity index (χ3v) is 4.14. The first-order valence-electron chi connectivity index (χ1n) is 9.70. The Balaban J connectivity index is 2.38. The van der Waals surface area contributed by atoms with Gasteiger partial charge < -0.3 is 14.4 Å². The number of carbonyl (C=O) groups is 2. The van der Waals surface area contributed by atoms with Crippen LogP contribution in [0.1, 0.15) is 52.7 Å². The first-order valence-corrected chi connectivity index (χ1v) is 9.70. The lowest BCUT2D eigenvalue weighted by molar-refractivity contribution is -0.128. The largest absolute Gasteiger partial charge is 0.494 e. The van der Waals surface area contributed by atoms with E-state index in [-0.39, 0.29) is 5.91 Å². The molecular formula is C21H31N3O4. The molecule has 0 aliphatic carbocycles. The maximum Gasteiger partial charge on any atom is 0.435 e. The fourth-order valence-corrected chi connectivity index (χ4v) is 2.66. The minimum atomic E-state index is -0.633. The molecule has 0 N–H and O–H groups in total. The Labute approximate surface area is 166 Å². The Hall–Kier alpha value is -2.57. The van der Waals surface area contributed by atoms with Crippen molar-refractivity contribution in [1.29, 1.82) is 0 Å². The van der Waals surface area contributed by atoms with Gasteiger partial charge in [0.2, 0.25) is 5.91 Å². The second-order valence-corrected chi connectivity index (χ2v) is 8.01. The third-order valence-electron chi connectivity index (χ3n) is 4.14. The first-order chi connectivity index (χ1) is 13.1. The molecule has 0 fully saturated rings. The zero-order valence-corrected chi connectivity index (χ0v) is 17.7. The second-order valence-electron chi connectivity index (χ2n) is 8.01. The molecule has 0 radical (unpaired) electrons. The summed E-state index contributed by atoms with van der Waals surface area (Å²) < 4.78 is 12.5. The number of nitrogens with zero attached hydrogens (tertiary/aromatic N) is 3. The van der Waals surface area contributed by atoms with Crippen molar-refractivity contribution in [3.05, 3.63) is 23.9 Å². The van der Waals surface area contributed by atoms with Crippen LogP contribution in [0.15, 0.2) is 18.2 Å². The quantitative estimate of drug-likeness (QED) is 0.669. The molecule has 0 saturated heterocycles. The molecule has 0 saturated carbocycles. The summed E-state index contributed by atoms with van der Waals surface area (Å²) in [6, 6.07) is 5.56. The van der Waals surface area contributed by atoms with Crippen LogP contribution in [-0.2, 0) is 16.0 Å². The zero-order chi connectivity index (χ0) is 20.9. The summed E-state index contributed by atoms with van der Waals surface area (Å²) in [7, 11) is 3.44. The molecule has 1 aromatic carbocycles. The van der Waals surface area contributed by atoms with Crippen LogP contribution in [0.3, 0.4) is 0 Å². The molecule has 1 heterocycles. The Morgan fingerprint density at radius 3 is 2.54 bits per heavy atom. The van der Waals surface area contributed by atoms with Crippen molar-refractivity contribution in [3.8, 4) is 5.75 Å². The van der Waals surface area contributed by atoms with E-state index in [9.17, 15) is 9.59 Å². The highest BCUT2D eigenvalue weighted by Gasteiger charge is 2.23. The smallest absolute Gasteiger partial charge is 0.435 e. The van der Waals surface area contributed by atoms with Crippen LogP contribution in [-0.4, -0.2) is 53.0 Å². The van der Waals surface area contributed by atoms with E-state index in [4.69, 9.17) is 9.47 Å². The van der Waals surface area contributed by atoms with Crippen molar-refractivity contribution in [2.24, 2.45) is 0 Å². The Bertz CT molecular complexity index is 834. The van der Waals surface area contributed by atoms with Crippen molar-refractivity contribution in [1.82, 2.24) is 14.7 Å². The van der Waals surface area contributed by atoms with E-state index in [1.54, 1.807) is 25.1 Å². The Morgan fingerprint density at radius 1 is 1.21 bits per heavy atom. The average Bonchev–Trinajstić information content (AvgIpc) is 2.96. The highest BCUT2D eigenvalue weighted by molar-refractivity contribution is 5.91. The van der Waals surface area contributed by atoms with Crippen LogP contribution in [0.5, 0.6) is 5.75 Å². The lowest BCUT2D eigenvalue weighted by Crippen LogP contribution is -2.27. The van der Waals surface area contributed by atoms with Crippen molar-refractivity contribution in [3.63, 3.8) is 0 Å². The first kappa shape index (κ1) is 21.7. The van der Waals surface area contributed by atoms with Crippen molar-refractivity contribution in [2.45, 2.75) is 59.0 Å². The molecule has 0 bridgehead atoms. The van der Waals surface area contributed by atoms with Gasteiger partial charge in [-0.15, -0.1) is 0 Å². The van der Waals surface area contributed by atoms with Crippen LogP contribution < -0.4 is 4.74 Å². The third kappa shape index (κ3) is 5.71. The van der Waals surface area contributed by atoms with Gasteiger partial charge >= 0.3 is 6.09 Å². The van der Waals surface area contributed by atoms with Crippen molar-refractivity contribution in [2.75, 3.05) is 20.7 Å². The highest BCUT2D eigenvalue weighted by atomic mass is 16.6. The minimum Gasteiger partial charge on any atom is -0.494 e. The SMILES string of the molecule is CCCCOc1ccc2c(CCC(=O)N(C)C)nn(C(=O)OC(C)(C)C)c2c1. The van der Waals surface area contributed by atoms with Gasteiger partial charge in [-0.05, 0) is 39.3 Å². The van der Waals surface area contributed by atoms with E-state index in [1.165, 1.54) is 4.68 Å². The topological polar surface area (TPSA) is 73.7 Å². The molecule has 0 aliphatic rings. The number of carbonyl (C=O) groups excluding carboxylic acids is 2. The molecule has 0 aliphatic heterocycles. The summed E-state index contributed by atoms with van der Waals surface area (Å²) in [6.45, 7) is 8.16. The van der Waals surface area contributed by atoms with Crippen LogP contribution >= 0.6 is 0 Å². The van der Waals surface area contributed by atoms with Gasteiger partial charge in [-0.1, -0.05) is 13.3 Å². The molecule has 7 nitrogen and oxygen atoms in total. The molecule has 1 aromatic heterocycles. The number of hydrogen-bond acceptors (Lipinski definition) is 5. The van der Waals surface area contributed by atoms with Gasteiger partial charge in [-0.25, -0.2) is 4.79 Å². The summed E-state index contributed by atoms with van der Waals surface area (Å²) in [6.07, 6.45) is 2.22. The molecule has 2 rings (SSSR count). The van der Waals surface area contributed by atoms with Gasteiger partial charge in [0.05, 0.1) is 17.8 Å². The number of ether oxygens (including phenoxy) is 2.